The smallest absolute Gasteiger partial charge is 0.135 e. The van der Waals surface area contributed by atoms with Gasteiger partial charge >= 0.3 is 0 Å². The molecule has 1 aromatic heterocycles. The molecule has 2 nitrogen and oxygen atoms in total. The Morgan fingerprint density at radius 3 is 2.39 bits per heavy atom. The average Bonchev–Trinajstić information content (AvgIpc) is 2.75. The van der Waals surface area contributed by atoms with Gasteiger partial charge in [0.05, 0.1) is 11.8 Å². The summed E-state index contributed by atoms with van der Waals surface area (Å²) in [6.45, 7) is 1.78. The summed E-state index contributed by atoms with van der Waals surface area (Å²) < 4.78 is 44.9. The van der Waals surface area contributed by atoms with E-state index in [-0.39, 0.29) is 5.56 Å². The lowest BCUT2D eigenvalue weighted by molar-refractivity contribution is 0.206. The van der Waals surface area contributed by atoms with Crippen molar-refractivity contribution in [3.05, 3.63) is 58.8 Å². The molecule has 0 saturated carbocycles. The Morgan fingerprint density at radius 1 is 1.22 bits per heavy atom. The van der Waals surface area contributed by atoms with Crippen molar-refractivity contribution in [1.82, 2.24) is 0 Å². The van der Waals surface area contributed by atoms with Crippen molar-refractivity contribution in [3.63, 3.8) is 0 Å². The summed E-state index contributed by atoms with van der Waals surface area (Å²) in [6, 6.07) is 2.51. The minimum absolute atomic E-state index is 0.280. The van der Waals surface area contributed by atoms with Gasteiger partial charge in [0.15, 0.2) is 0 Å². The standard InChI is InChI=1S/C13H11F3O2/c1-2-11-8(3-4-18-11)13(17)12-9(15)5-7(14)6-10(12)16/h3-6,13,17H,2H2,1H3. The van der Waals surface area contributed by atoms with Gasteiger partial charge in [-0.05, 0) is 6.07 Å². The molecule has 1 heterocycles. The molecule has 1 unspecified atom stereocenters. The van der Waals surface area contributed by atoms with Crippen molar-refractivity contribution in [3.8, 4) is 0 Å². The molecule has 96 valence electrons. The number of aliphatic hydroxyl groups is 1. The van der Waals surface area contributed by atoms with Crippen LogP contribution in [0.25, 0.3) is 0 Å². The highest BCUT2D eigenvalue weighted by atomic mass is 19.1. The van der Waals surface area contributed by atoms with Gasteiger partial charge in [0.2, 0.25) is 0 Å². The van der Waals surface area contributed by atoms with Crippen LogP contribution in [0.3, 0.4) is 0 Å². The number of rotatable bonds is 3. The molecule has 0 aliphatic rings. The normalized spacial score (nSPS) is 12.7. The molecular weight excluding hydrogens is 245 g/mol. The van der Waals surface area contributed by atoms with Crippen molar-refractivity contribution in [2.75, 3.05) is 0 Å². The van der Waals surface area contributed by atoms with E-state index >= 15 is 0 Å². The van der Waals surface area contributed by atoms with E-state index in [1.165, 1.54) is 12.3 Å². The summed E-state index contributed by atoms with van der Waals surface area (Å²) in [7, 11) is 0. The van der Waals surface area contributed by atoms with Crippen molar-refractivity contribution >= 4 is 0 Å². The van der Waals surface area contributed by atoms with Crippen LogP contribution < -0.4 is 0 Å². The van der Waals surface area contributed by atoms with Crippen LogP contribution in [0.15, 0.2) is 28.9 Å². The van der Waals surface area contributed by atoms with E-state index < -0.39 is 29.1 Å². The number of aliphatic hydroxyl groups excluding tert-OH is 1. The van der Waals surface area contributed by atoms with Crippen molar-refractivity contribution in [1.29, 1.82) is 0 Å². The molecular formula is C13H11F3O2. The van der Waals surface area contributed by atoms with Crippen LogP contribution in [-0.2, 0) is 6.42 Å². The molecule has 2 aromatic rings. The molecule has 0 aliphatic carbocycles. The first kappa shape index (κ1) is 12.7. The highest BCUT2D eigenvalue weighted by molar-refractivity contribution is 5.33. The predicted molar refractivity (Wildman–Crippen MR) is 58.5 cm³/mol. The van der Waals surface area contributed by atoms with E-state index in [0.29, 0.717) is 24.3 Å². The SMILES string of the molecule is CCc1occc1C(O)c1c(F)cc(F)cc1F. The van der Waals surface area contributed by atoms with Gasteiger partial charge in [-0.1, -0.05) is 6.92 Å². The van der Waals surface area contributed by atoms with Crippen LogP contribution in [-0.4, -0.2) is 5.11 Å². The number of benzene rings is 1. The fraction of sp³-hybridized carbons (Fsp3) is 0.231. The molecule has 0 fully saturated rings. The topological polar surface area (TPSA) is 33.4 Å². The van der Waals surface area contributed by atoms with Gasteiger partial charge in [-0.3, -0.25) is 0 Å². The van der Waals surface area contributed by atoms with Crippen molar-refractivity contribution in [2.45, 2.75) is 19.4 Å². The number of furan rings is 1. The van der Waals surface area contributed by atoms with Gasteiger partial charge in [-0.15, -0.1) is 0 Å². The Hall–Kier alpha value is -1.75. The zero-order valence-corrected chi connectivity index (χ0v) is 9.58. The van der Waals surface area contributed by atoms with E-state index in [1.807, 2.05) is 0 Å². The second-order valence-electron chi connectivity index (χ2n) is 3.84. The van der Waals surface area contributed by atoms with Crippen LogP contribution >= 0.6 is 0 Å². The number of hydrogen-bond donors (Lipinski definition) is 1. The molecule has 0 spiro atoms. The Labute approximate surface area is 102 Å². The fourth-order valence-corrected chi connectivity index (χ4v) is 1.85. The van der Waals surface area contributed by atoms with Crippen LogP contribution in [0.1, 0.15) is 29.9 Å². The average molecular weight is 256 g/mol. The quantitative estimate of drug-likeness (QED) is 0.913. The first-order valence-corrected chi connectivity index (χ1v) is 5.43. The zero-order chi connectivity index (χ0) is 13.3. The summed E-state index contributed by atoms with van der Waals surface area (Å²) in [6.07, 6.45) is 0.292. The second kappa shape index (κ2) is 4.86. The second-order valence-corrected chi connectivity index (χ2v) is 3.84. The van der Waals surface area contributed by atoms with E-state index in [0.717, 1.165) is 0 Å². The van der Waals surface area contributed by atoms with Gasteiger partial charge in [-0.25, -0.2) is 13.2 Å². The van der Waals surface area contributed by atoms with Crippen LogP contribution in [0.4, 0.5) is 13.2 Å². The number of aryl methyl sites for hydroxylation is 1. The molecule has 18 heavy (non-hydrogen) atoms. The largest absolute Gasteiger partial charge is 0.469 e. The monoisotopic (exact) mass is 256 g/mol. The molecule has 0 radical (unpaired) electrons. The summed E-state index contributed by atoms with van der Waals surface area (Å²) in [5, 5.41) is 9.98. The Bertz CT molecular complexity index is 540. The molecule has 5 heteroatoms. The van der Waals surface area contributed by atoms with Gasteiger partial charge in [0, 0.05) is 24.1 Å². The molecule has 1 atom stereocenters. The van der Waals surface area contributed by atoms with Gasteiger partial charge < -0.3 is 9.52 Å². The molecule has 0 saturated heterocycles. The summed E-state index contributed by atoms with van der Waals surface area (Å²) in [5.41, 5.74) is -0.297. The first-order chi connectivity index (χ1) is 8.54. The van der Waals surface area contributed by atoms with Gasteiger partial charge in [-0.2, -0.15) is 0 Å². The molecule has 2 rings (SSSR count). The van der Waals surface area contributed by atoms with Crippen molar-refractivity contribution < 1.29 is 22.7 Å². The minimum Gasteiger partial charge on any atom is -0.469 e. The third-order valence-electron chi connectivity index (χ3n) is 2.71. The third kappa shape index (κ3) is 2.13. The zero-order valence-electron chi connectivity index (χ0n) is 9.58. The van der Waals surface area contributed by atoms with Crippen molar-refractivity contribution in [2.24, 2.45) is 0 Å². The van der Waals surface area contributed by atoms with Crippen LogP contribution in [0, 0.1) is 17.5 Å². The summed E-state index contributed by atoms with van der Waals surface area (Å²) in [4.78, 5) is 0. The maximum Gasteiger partial charge on any atom is 0.135 e. The maximum absolute atomic E-state index is 13.5. The third-order valence-corrected chi connectivity index (χ3v) is 2.71. The highest BCUT2D eigenvalue weighted by Crippen LogP contribution is 2.30. The van der Waals surface area contributed by atoms with Crippen LogP contribution in [0.5, 0.6) is 0 Å². The number of hydrogen-bond acceptors (Lipinski definition) is 2. The summed E-state index contributed by atoms with van der Waals surface area (Å²) in [5.74, 6) is -2.83. The van der Waals surface area contributed by atoms with Gasteiger partial charge in [0.25, 0.3) is 0 Å². The molecule has 0 bridgehead atoms. The Morgan fingerprint density at radius 2 is 1.83 bits per heavy atom. The molecule has 1 N–H and O–H groups in total. The van der Waals surface area contributed by atoms with E-state index in [2.05, 4.69) is 0 Å². The van der Waals surface area contributed by atoms with Crippen LogP contribution in [0.2, 0.25) is 0 Å². The molecule has 1 aromatic carbocycles. The Kier molecular flexibility index (Phi) is 3.43. The lowest BCUT2D eigenvalue weighted by Crippen LogP contribution is -2.07. The van der Waals surface area contributed by atoms with E-state index in [1.54, 1.807) is 6.92 Å². The van der Waals surface area contributed by atoms with E-state index in [4.69, 9.17) is 4.42 Å². The van der Waals surface area contributed by atoms with Gasteiger partial charge in [0.1, 0.15) is 29.3 Å². The molecule has 0 amide bonds. The first-order valence-electron chi connectivity index (χ1n) is 5.43. The number of halogens is 3. The Balaban J connectivity index is 2.49. The lowest BCUT2D eigenvalue weighted by Gasteiger charge is -2.13. The fourth-order valence-electron chi connectivity index (χ4n) is 1.85. The maximum atomic E-state index is 13.5. The minimum atomic E-state index is -1.51. The predicted octanol–water partition coefficient (Wildman–Crippen LogP) is 3.34. The summed E-state index contributed by atoms with van der Waals surface area (Å²) >= 11 is 0. The van der Waals surface area contributed by atoms with E-state index in [9.17, 15) is 18.3 Å². The molecule has 0 aliphatic heterocycles. The lowest BCUT2D eigenvalue weighted by atomic mass is 10.00. The highest BCUT2D eigenvalue weighted by Gasteiger charge is 2.24.